The number of alkyl halides is 3. The molecule has 0 radical (unpaired) electrons. The van der Waals surface area contributed by atoms with Crippen LogP contribution in [0.1, 0.15) is 11.1 Å². The van der Waals surface area contributed by atoms with Gasteiger partial charge < -0.3 is 13.7 Å². The standard InChI is InChI=1S/C20H15F3O5S/c1-26-13-5-6-15-12(7-13)9-18-17(15)8-11-3-4-14(27-2)10-16(11)19(18)28-29(24,25)20(21,22)23/h3-8,10H,9H2,1-2H3. The molecule has 152 valence electrons. The first-order chi connectivity index (χ1) is 13.6. The first-order valence-corrected chi connectivity index (χ1v) is 9.87. The van der Waals surface area contributed by atoms with E-state index in [9.17, 15) is 21.6 Å². The molecule has 29 heavy (non-hydrogen) atoms. The molecule has 0 aromatic heterocycles. The summed E-state index contributed by atoms with van der Waals surface area (Å²) in [4.78, 5) is 0. The van der Waals surface area contributed by atoms with Crippen LogP contribution in [0.15, 0.2) is 42.5 Å². The minimum Gasteiger partial charge on any atom is -0.497 e. The van der Waals surface area contributed by atoms with Crippen molar-refractivity contribution < 1.29 is 35.2 Å². The van der Waals surface area contributed by atoms with Gasteiger partial charge in [0.1, 0.15) is 11.5 Å². The van der Waals surface area contributed by atoms with Gasteiger partial charge >= 0.3 is 15.6 Å². The van der Waals surface area contributed by atoms with Crippen LogP contribution in [-0.4, -0.2) is 28.1 Å². The normalized spacial score (nSPS) is 13.1. The number of benzene rings is 3. The van der Waals surface area contributed by atoms with Gasteiger partial charge in [0, 0.05) is 17.4 Å². The van der Waals surface area contributed by atoms with Crippen LogP contribution < -0.4 is 13.7 Å². The van der Waals surface area contributed by atoms with E-state index in [1.807, 2.05) is 0 Å². The number of halogens is 3. The predicted octanol–water partition coefficient (Wildman–Crippen LogP) is 4.66. The highest BCUT2D eigenvalue weighted by Gasteiger charge is 2.49. The Morgan fingerprint density at radius 2 is 1.55 bits per heavy atom. The SMILES string of the molecule is COc1ccc2c(c1)Cc1c-2cc2ccc(OC)cc2c1OS(=O)(=O)C(F)(F)F. The van der Waals surface area contributed by atoms with E-state index in [2.05, 4.69) is 4.18 Å². The Labute approximate surface area is 164 Å². The zero-order valence-electron chi connectivity index (χ0n) is 15.3. The molecule has 1 aliphatic carbocycles. The summed E-state index contributed by atoms with van der Waals surface area (Å²) < 4.78 is 77.7. The molecule has 5 nitrogen and oxygen atoms in total. The van der Waals surface area contributed by atoms with Crippen LogP contribution in [0.3, 0.4) is 0 Å². The molecule has 0 bridgehead atoms. The number of hydrogen-bond donors (Lipinski definition) is 0. The maximum atomic E-state index is 13.0. The summed E-state index contributed by atoms with van der Waals surface area (Å²) in [5.41, 5.74) is -2.98. The van der Waals surface area contributed by atoms with Crippen molar-refractivity contribution >= 4 is 20.9 Å². The predicted molar refractivity (Wildman–Crippen MR) is 101 cm³/mol. The van der Waals surface area contributed by atoms with Crippen molar-refractivity contribution in [1.29, 1.82) is 0 Å². The maximum Gasteiger partial charge on any atom is 0.534 e. The van der Waals surface area contributed by atoms with Crippen LogP contribution in [0.4, 0.5) is 13.2 Å². The molecule has 0 saturated heterocycles. The van der Waals surface area contributed by atoms with Crippen molar-refractivity contribution in [2.75, 3.05) is 14.2 Å². The van der Waals surface area contributed by atoms with E-state index >= 15 is 0 Å². The summed E-state index contributed by atoms with van der Waals surface area (Å²) in [6.07, 6.45) is 0.206. The number of ether oxygens (including phenoxy) is 2. The van der Waals surface area contributed by atoms with Gasteiger partial charge in [0.05, 0.1) is 14.2 Å². The lowest BCUT2D eigenvalue weighted by Gasteiger charge is -2.16. The van der Waals surface area contributed by atoms with Gasteiger partial charge in [-0.15, -0.1) is 0 Å². The fourth-order valence-electron chi connectivity index (χ4n) is 3.48. The van der Waals surface area contributed by atoms with Gasteiger partial charge in [0.2, 0.25) is 0 Å². The molecular formula is C20H15F3O5S. The lowest BCUT2D eigenvalue weighted by Crippen LogP contribution is -2.28. The topological polar surface area (TPSA) is 61.8 Å². The van der Waals surface area contributed by atoms with Crippen LogP contribution >= 0.6 is 0 Å². The van der Waals surface area contributed by atoms with Gasteiger partial charge in [-0.2, -0.15) is 21.6 Å². The second-order valence-electron chi connectivity index (χ2n) is 6.50. The van der Waals surface area contributed by atoms with Crippen LogP contribution in [0.2, 0.25) is 0 Å². The quantitative estimate of drug-likeness (QED) is 0.352. The van der Waals surface area contributed by atoms with Gasteiger partial charge in [-0.3, -0.25) is 0 Å². The Bertz CT molecular complexity index is 1230. The molecule has 0 heterocycles. The Morgan fingerprint density at radius 1 is 0.897 bits per heavy atom. The van der Waals surface area contributed by atoms with Gasteiger partial charge in [0.25, 0.3) is 0 Å². The molecule has 0 aliphatic heterocycles. The Kier molecular flexibility index (Phi) is 4.38. The lowest BCUT2D eigenvalue weighted by atomic mass is 9.99. The van der Waals surface area contributed by atoms with E-state index in [4.69, 9.17) is 9.47 Å². The van der Waals surface area contributed by atoms with Crippen LogP contribution in [0.5, 0.6) is 17.2 Å². The molecule has 0 saturated carbocycles. The zero-order valence-corrected chi connectivity index (χ0v) is 16.1. The molecule has 0 amide bonds. The van der Waals surface area contributed by atoms with Crippen molar-refractivity contribution in [3.8, 4) is 28.4 Å². The molecule has 3 aromatic carbocycles. The molecule has 4 rings (SSSR count). The molecule has 0 fully saturated rings. The summed E-state index contributed by atoms with van der Waals surface area (Å²) >= 11 is 0. The van der Waals surface area contributed by atoms with Crippen molar-refractivity contribution in [3.05, 3.63) is 53.6 Å². The highest BCUT2D eigenvalue weighted by atomic mass is 32.2. The van der Waals surface area contributed by atoms with E-state index in [0.717, 1.165) is 11.1 Å². The second kappa shape index (κ2) is 6.55. The summed E-state index contributed by atoms with van der Waals surface area (Å²) in [6, 6.07) is 11.8. The number of fused-ring (bicyclic) bond motifs is 4. The summed E-state index contributed by atoms with van der Waals surface area (Å²) in [5.74, 6) is 0.612. The van der Waals surface area contributed by atoms with Crippen molar-refractivity contribution in [3.63, 3.8) is 0 Å². The van der Waals surface area contributed by atoms with Gasteiger partial charge in [0.15, 0.2) is 5.75 Å². The molecule has 0 N–H and O–H groups in total. The van der Waals surface area contributed by atoms with E-state index in [0.29, 0.717) is 28.0 Å². The van der Waals surface area contributed by atoms with Crippen molar-refractivity contribution in [2.45, 2.75) is 11.9 Å². The molecule has 0 spiro atoms. The van der Waals surface area contributed by atoms with E-state index in [1.165, 1.54) is 20.3 Å². The third-order valence-corrected chi connectivity index (χ3v) is 5.80. The van der Waals surface area contributed by atoms with Crippen LogP contribution in [-0.2, 0) is 16.5 Å². The molecule has 3 aromatic rings. The molecule has 9 heteroatoms. The molecule has 0 unspecified atom stereocenters. The average molecular weight is 424 g/mol. The minimum absolute atomic E-state index is 0.206. The highest BCUT2D eigenvalue weighted by molar-refractivity contribution is 7.88. The summed E-state index contributed by atoms with van der Waals surface area (Å²) in [5, 5.41) is 0.747. The lowest BCUT2D eigenvalue weighted by molar-refractivity contribution is -0.0499. The second-order valence-corrected chi connectivity index (χ2v) is 8.04. The molecular weight excluding hydrogens is 409 g/mol. The van der Waals surface area contributed by atoms with Gasteiger partial charge in [-0.1, -0.05) is 12.1 Å². The van der Waals surface area contributed by atoms with Crippen molar-refractivity contribution in [2.24, 2.45) is 0 Å². The molecule has 1 aliphatic rings. The number of rotatable bonds is 4. The maximum absolute atomic E-state index is 13.0. The highest BCUT2D eigenvalue weighted by Crippen LogP contribution is 2.47. The summed E-state index contributed by atoms with van der Waals surface area (Å²) in [7, 11) is -2.93. The average Bonchev–Trinajstić information content (AvgIpc) is 3.04. The number of hydrogen-bond acceptors (Lipinski definition) is 5. The van der Waals surface area contributed by atoms with Crippen LogP contribution in [0.25, 0.3) is 21.9 Å². The van der Waals surface area contributed by atoms with Gasteiger partial charge in [-0.05, 0) is 52.4 Å². The first kappa shape index (κ1) is 19.4. The largest absolute Gasteiger partial charge is 0.534 e. The third-order valence-electron chi connectivity index (χ3n) is 4.85. The minimum atomic E-state index is -5.85. The summed E-state index contributed by atoms with van der Waals surface area (Å²) in [6.45, 7) is 0. The first-order valence-electron chi connectivity index (χ1n) is 8.46. The fourth-order valence-corrected chi connectivity index (χ4v) is 3.98. The van der Waals surface area contributed by atoms with Crippen molar-refractivity contribution in [1.82, 2.24) is 0 Å². The van der Waals surface area contributed by atoms with Gasteiger partial charge in [-0.25, -0.2) is 0 Å². The van der Waals surface area contributed by atoms with E-state index in [1.54, 1.807) is 36.4 Å². The third kappa shape index (κ3) is 3.15. The zero-order chi connectivity index (χ0) is 21.0. The fraction of sp³-hybridized carbons (Fsp3) is 0.200. The monoisotopic (exact) mass is 424 g/mol. The Balaban J connectivity index is 1.99. The smallest absolute Gasteiger partial charge is 0.497 e. The van der Waals surface area contributed by atoms with E-state index < -0.39 is 15.6 Å². The Morgan fingerprint density at radius 3 is 2.21 bits per heavy atom. The number of methoxy groups -OCH3 is 2. The van der Waals surface area contributed by atoms with E-state index in [-0.39, 0.29) is 17.6 Å². The van der Waals surface area contributed by atoms with Crippen LogP contribution in [0, 0.1) is 0 Å². The Hall–Kier alpha value is -2.94. The molecule has 0 atom stereocenters.